The van der Waals surface area contributed by atoms with E-state index in [9.17, 15) is 0 Å². The van der Waals surface area contributed by atoms with Crippen LogP contribution >= 0.6 is 0 Å². The van der Waals surface area contributed by atoms with Crippen LogP contribution in [0.2, 0.25) is 0 Å². The predicted molar refractivity (Wildman–Crippen MR) is 51.8 cm³/mol. The zero-order valence-corrected chi connectivity index (χ0v) is 8.15. The summed E-state index contributed by atoms with van der Waals surface area (Å²) in [5.41, 5.74) is 2.25. The molecule has 0 atom stereocenters. The Labute approximate surface area is 77.4 Å². The van der Waals surface area contributed by atoms with Gasteiger partial charge in [-0.25, -0.2) is 9.50 Å². The second-order valence-electron chi connectivity index (χ2n) is 3.55. The number of aryl methyl sites for hydroxylation is 1. The molecule has 0 unspecified atom stereocenters. The van der Waals surface area contributed by atoms with Crippen LogP contribution in [0.1, 0.15) is 31.3 Å². The van der Waals surface area contributed by atoms with Crippen molar-refractivity contribution in [3.05, 3.63) is 29.8 Å². The first-order chi connectivity index (χ1) is 6.18. The highest BCUT2D eigenvalue weighted by Gasteiger charge is 2.05. The van der Waals surface area contributed by atoms with E-state index in [1.54, 1.807) is 6.20 Å². The third-order valence-electron chi connectivity index (χ3n) is 2.16. The van der Waals surface area contributed by atoms with Gasteiger partial charge in [0, 0.05) is 5.69 Å². The maximum atomic E-state index is 4.47. The Hall–Kier alpha value is -1.38. The fourth-order valence-electron chi connectivity index (χ4n) is 1.41. The van der Waals surface area contributed by atoms with E-state index in [-0.39, 0.29) is 0 Å². The fraction of sp³-hybridized carbons (Fsp3) is 0.400. The molecule has 0 aliphatic rings. The van der Waals surface area contributed by atoms with E-state index in [1.165, 1.54) is 0 Å². The number of nitrogens with zero attached hydrogens (tertiary/aromatic N) is 3. The molecule has 0 amide bonds. The Bertz CT molecular complexity index is 429. The lowest BCUT2D eigenvalue weighted by atomic mass is 10.1. The SMILES string of the molecule is Cc1nc(C(C)C)cc2ccnn12. The molecule has 0 N–H and O–H groups in total. The molecule has 0 radical (unpaired) electrons. The van der Waals surface area contributed by atoms with Crippen molar-refractivity contribution in [2.45, 2.75) is 26.7 Å². The molecule has 0 bridgehead atoms. The Balaban J connectivity index is 2.70. The van der Waals surface area contributed by atoms with E-state index in [2.05, 4.69) is 30.0 Å². The van der Waals surface area contributed by atoms with E-state index in [0.717, 1.165) is 17.0 Å². The Kier molecular flexibility index (Phi) is 1.79. The van der Waals surface area contributed by atoms with Gasteiger partial charge in [0.2, 0.25) is 0 Å². The summed E-state index contributed by atoms with van der Waals surface area (Å²) in [7, 11) is 0. The zero-order valence-electron chi connectivity index (χ0n) is 8.15. The first-order valence-electron chi connectivity index (χ1n) is 4.50. The standard InChI is InChI=1S/C10H13N3/c1-7(2)10-6-9-4-5-11-13(9)8(3)12-10/h4-7H,1-3H3. The molecule has 0 aliphatic heterocycles. The third-order valence-corrected chi connectivity index (χ3v) is 2.16. The molecule has 13 heavy (non-hydrogen) atoms. The summed E-state index contributed by atoms with van der Waals surface area (Å²) in [6.45, 7) is 6.27. The van der Waals surface area contributed by atoms with Crippen molar-refractivity contribution in [3.8, 4) is 0 Å². The summed E-state index contributed by atoms with van der Waals surface area (Å²) in [6.07, 6.45) is 1.80. The highest BCUT2D eigenvalue weighted by atomic mass is 15.2. The molecule has 0 aromatic carbocycles. The largest absolute Gasteiger partial charge is 0.238 e. The van der Waals surface area contributed by atoms with Gasteiger partial charge in [-0.15, -0.1) is 0 Å². The molecular formula is C10H13N3. The van der Waals surface area contributed by atoms with Gasteiger partial charge in [-0.3, -0.25) is 0 Å². The van der Waals surface area contributed by atoms with Crippen molar-refractivity contribution in [2.75, 3.05) is 0 Å². The molecule has 3 nitrogen and oxygen atoms in total. The third kappa shape index (κ3) is 1.30. The van der Waals surface area contributed by atoms with Gasteiger partial charge in [0.05, 0.1) is 11.7 Å². The van der Waals surface area contributed by atoms with Crippen LogP contribution in [0.15, 0.2) is 18.3 Å². The molecule has 2 heterocycles. The smallest absolute Gasteiger partial charge is 0.127 e. The Morgan fingerprint density at radius 3 is 2.85 bits per heavy atom. The van der Waals surface area contributed by atoms with Crippen LogP contribution in [-0.2, 0) is 0 Å². The normalized spacial score (nSPS) is 11.4. The molecule has 68 valence electrons. The van der Waals surface area contributed by atoms with Crippen LogP contribution < -0.4 is 0 Å². The molecule has 0 saturated carbocycles. The van der Waals surface area contributed by atoms with Gasteiger partial charge in [0.1, 0.15) is 5.82 Å². The topological polar surface area (TPSA) is 30.2 Å². The Morgan fingerprint density at radius 2 is 2.15 bits per heavy atom. The minimum Gasteiger partial charge on any atom is -0.238 e. The van der Waals surface area contributed by atoms with Gasteiger partial charge in [-0.2, -0.15) is 5.10 Å². The Morgan fingerprint density at radius 1 is 1.38 bits per heavy atom. The lowest BCUT2D eigenvalue weighted by Crippen LogP contribution is -2.01. The molecule has 0 aliphatic carbocycles. The van der Waals surface area contributed by atoms with Crippen LogP contribution in [0.25, 0.3) is 5.52 Å². The predicted octanol–water partition coefficient (Wildman–Crippen LogP) is 2.16. The van der Waals surface area contributed by atoms with E-state index in [1.807, 2.05) is 17.5 Å². The van der Waals surface area contributed by atoms with Crippen molar-refractivity contribution in [3.63, 3.8) is 0 Å². The van der Waals surface area contributed by atoms with Gasteiger partial charge in [-0.05, 0) is 25.0 Å². The van der Waals surface area contributed by atoms with Crippen LogP contribution in [0.3, 0.4) is 0 Å². The number of rotatable bonds is 1. The number of hydrogen-bond acceptors (Lipinski definition) is 2. The first-order valence-corrected chi connectivity index (χ1v) is 4.50. The summed E-state index contributed by atoms with van der Waals surface area (Å²) in [6, 6.07) is 4.09. The van der Waals surface area contributed by atoms with E-state index in [4.69, 9.17) is 0 Å². The van der Waals surface area contributed by atoms with Crippen LogP contribution in [0.5, 0.6) is 0 Å². The first kappa shape index (κ1) is 8.23. The van der Waals surface area contributed by atoms with Gasteiger partial charge < -0.3 is 0 Å². The molecule has 0 saturated heterocycles. The monoisotopic (exact) mass is 175 g/mol. The van der Waals surface area contributed by atoms with Crippen molar-refractivity contribution < 1.29 is 0 Å². The molecule has 2 rings (SSSR count). The average molecular weight is 175 g/mol. The number of aromatic nitrogens is 3. The quantitative estimate of drug-likeness (QED) is 0.664. The zero-order chi connectivity index (χ0) is 9.42. The van der Waals surface area contributed by atoms with Crippen molar-refractivity contribution in [1.29, 1.82) is 0 Å². The molecule has 0 spiro atoms. The molecule has 2 aromatic heterocycles. The molecular weight excluding hydrogens is 162 g/mol. The lowest BCUT2D eigenvalue weighted by Gasteiger charge is -2.06. The van der Waals surface area contributed by atoms with E-state index >= 15 is 0 Å². The van der Waals surface area contributed by atoms with Crippen LogP contribution in [-0.4, -0.2) is 14.6 Å². The van der Waals surface area contributed by atoms with Crippen molar-refractivity contribution in [1.82, 2.24) is 14.6 Å². The summed E-state index contributed by atoms with van der Waals surface area (Å²) >= 11 is 0. The summed E-state index contributed by atoms with van der Waals surface area (Å²) in [5, 5.41) is 4.17. The summed E-state index contributed by atoms with van der Waals surface area (Å²) < 4.78 is 1.85. The van der Waals surface area contributed by atoms with Gasteiger partial charge in [0.15, 0.2) is 0 Å². The number of hydrogen-bond donors (Lipinski definition) is 0. The van der Waals surface area contributed by atoms with Gasteiger partial charge in [0.25, 0.3) is 0 Å². The lowest BCUT2D eigenvalue weighted by molar-refractivity contribution is 0.774. The minimum atomic E-state index is 0.471. The molecule has 0 fully saturated rings. The average Bonchev–Trinajstić information content (AvgIpc) is 2.51. The highest BCUT2D eigenvalue weighted by Crippen LogP contribution is 2.14. The maximum absolute atomic E-state index is 4.47. The molecule has 3 heteroatoms. The van der Waals surface area contributed by atoms with Crippen molar-refractivity contribution in [2.24, 2.45) is 0 Å². The minimum absolute atomic E-state index is 0.471. The van der Waals surface area contributed by atoms with E-state index in [0.29, 0.717) is 5.92 Å². The van der Waals surface area contributed by atoms with E-state index < -0.39 is 0 Å². The molecule has 2 aromatic rings. The van der Waals surface area contributed by atoms with Crippen LogP contribution in [0, 0.1) is 6.92 Å². The summed E-state index contributed by atoms with van der Waals surface area (Å²) in [4.78, 5) is 4.47. The van der Waals surface area contributed by atoms with Crippen molar-refractivity contribution >= 4 is 5.52 Å². The fourth-order valence-corrected chi connectivity index (χ4v) is 1.41. The van der Waals surface area contributed by atoms with Gasteiger partial charge >= 0.3 is 0 Å². The second-order valence-corrected chi connectivity index (χ2v) is 3.55. The maximum Gasteiger partial charge on any atom is 0.127 e. The van der Waals surface area contributed by atoms with Gasteiger partial charge in [-0.1, -0.05) is 13.8 Å². The van der Waals surface area contributed by atoms with Crippen LogP contribution in [0.4, 0.5) is 0 Å². The summed E-state index contributed by atoms with van der Waals surface area (Å²) in [5.74, 6) is 1.42. The number of fused-ring (bicyclic) bond motifs is 1. The highest BCUT2D eigenvalue weighted by molar-refractivity contribution is 5.47. The second kappa shape index (κ2) is 2.83.